The van der Waals surface area contributed by atoms with Gasteiger partial charge in [-0.05, 0) is 35.4 Å². The quantitative estimate of drug-likeness (QED) is 0.845. The summed E-state index contributed by atoms with van der Waals surface area (Å²) in [5.41, 5.74) is 4.11. The van der Waals surface area contributed by atoms with Crippen LogP contribution in [0.4, 0.5) is 11.5 Å². The average Bonchev–Trinajstić information content (AvgIpc) is 2.78. The lowest BCUT2D eigenvalue weighted by molar-refractivity contribution is -0.115. The molecule has 0 saturated heterocycles. The van der Waals surface area contributed by atoms with Crippen LogP contribution in [0.3, 0.4) is 0 Å². The number of carbonyl (C=O) groups excluding carboxylic acids is 1. The van der Waals surface area contributed by atoms with Gasteiger partial charge in [0.05, 0.1) is 6.42 Å². The van der Waals surface area contributed by atoms with Crippen molar-refractivity contribution >= 4 is 17.4 Å². The van der Waals surface area contributed by atoms with Crippen LogP contribution >= 0.6 is 0 Å². The monoisotopic (exact) mass is 239 g/mol. The van der Waals surface area contributed by atoms with E-state index in [0.717, 1.165) is 28.2 Å². The fourth-order valence-corrected chi connectivity index (χ4v) is 2.12. The van der Waals surface area contributed by atoms with Crippen molar-refractivity contribution in [2.75, 3.05) is 17.7 Å². The molecule has 90 valence electrons. The third-order valence-electron chi connectivity index (χ3n) is 3.08. The van der Waals surface area contributed by atoms with Gasteiger partial charge in [0.25, 0.3) is 0 Å². The first kappa shape index (κ1) is 10.8. The number of hydrogen-bond donors (Lipinski definition) is 2. The molecule has 3 rings (SSSR count). The Morgan fingerprint density at radius 3 is 2.78 bits per heavy atom. The van der Waals surface area contributed by atoms with Gasteiger partial charge in [0.2, 0.25) is 5.91 Å². The van der Waals surface area contributed by atoms with E-state index in [-0.39, 0.29) is 5.91 Å². The highest BCUT2D eigenvalue weighted by Gasteiger charge is 2.17. The van der Waals surface area contributed by atoms with Crippen molar-refractivity contribution in [2.24, 2.45) is 0 Å². The SMILES string of the molecule is CNc1ccc(-c2ccc3c(c2)CC(=O)N3)cn1. The molecule has 4 nitrogen and oxygen atoms in total. The Kier molecular flexibility index (Phi) is 2.48. The van der Waals surface area contributed by atoms with E-state index >= 15 is 0 Å². The summed E-state index contributed by atoms with van der Waals surface area (Å²) in [6.45, 7) is 0. The summed E-state index contributed by atoms with van der Waals surface area (Å²) >= 11 is 0. The van der Waals surface area contributed by atoms with Crippen molar-refractivity contribution in [1.29, 1.82) is 0 Å². The lowest BCUT2D eigenvalue weighted by atomic mass is 10.0. The van der Waals surface area contributed by atoms with Gasteiger partial charge in [-0.3, -0.25) is 4.79 Å². The number of rotatable bonds is 2. The van der Waals surface area contributed by atoms with Crippen molar-refractivity contribution < 1.29 is 4.79 Å². The molecule has 1 aromatic carbocycles. The molecule has 2 N–H and O–H groups in total. The number of nitrogens with one attached hydrogen (secondary N) is 2. The standard InChI is InChI=1S/C14H13N3O/c1-15-13-5-3-10(8-16-13)9-2-4-12-11(6-9)7-14(18)17-12/h2-6,8H,7H2,1H3,(H,15,16)(H,17,18). The summed E-state index contributed by atoms with van der Waals surface area (Å²) in [6.07, 6.45) is 2.29. The minimum Gasteiger partial charge on any atom is -0.373 e. The number of fused-ring (bicyclic) bond motifs is 1. The van der Waals surface area contributed by atoms with Crippen molar-refractivity contribution in [2.45, 2.75) is 6.42 Å². The smallest absolute Gasteiger partial charge is 0.228 e. The molecule has 0 aliphatic carbocycles. The van der Waals surface area contributed by atoms with Gasteiger partial charge in [-0.15, -0.1) is 0 Å². The third kappa shape index (κ3) is 1.82. The van der Waals surface area contributed by atoms with Crippen LogP contribution in [0.15, 0.2) is 36.5 Å². The van der Waals surface area contributed by atoms with Gasteiger partial charge < -0.3 is 10.6 Å². The zero-order valence-electron chi connectivity index (χ0n) is 10.0. The van der Waals surface area contributed by atoms with Gasteiger partial charge in [-0.25, -0.2) is 4.98 Å². The fourth-order valence-electron chi connectivity index (χ4n) is 2.12. The summed E-state index contributed by atoms with van der Waals surface area (Å²) in [7, 11) is 1.84. The summed E-state index contributed by atoms with van der Waals surface area (Å²) in [6, 6.07) is 9.95. The first-order valence-corrected chi connectivity index (χ1v) is 5.83. The molecule has 1 amide bonds. The van der Waals surface area contributed by atoms with Crippen LogP contribution in [0, 0.1) is 0 Å². The Balaban J connectivity index is 1.97. The topological polar surface area (TPSA) is 54.0 Å². The zero-order valence-corrected chi connectivity index (χ0v) is 10.0. The van der Waals surface area contributed by atoms with E-state index in [2.05, 4.69) is 15.6 Å². The molecule has 1 aromatic heterocycles. The molecule has 0 fully saturated rings. The fraction of sp³-hybridized carbons (Fsp3) is 0.143. The minimum absolute atomic E-state index is 0.0609. The van der Waals surface area contributed by atoms with Crippen LogP contribution in [0.25, 0.3) is 11.1 Å². The highest BCUT2D eigenvalue weighted by Crippen LogP contribution is 2.28. The second-order valence-electron chi connectivity index (χ2n) is 4.28. The van der Waals surface area contributed by atoms with Crippen molar-refractivity contribution in [3.63, 3.8) is 0 Å². The Bertz CT molecular complexity index is 605. The summed E-state index contributed by atoms with van der Waals surface area (Å²) in [4.78, 5) is 15.6. The number of carbonyl (C=O) groups is 1. The lowest BCUT2D eigenvalue weighted by Crippen LogP contribution is -2.03. The molecule has 0 saturated carbocycles. The van der Waals surface area contributed by atoms with E-state index in [1.807, 2.05) is 43.6 Å². The third-order valence-corrected chi connectivity index (χ3v) is 3.08. The lowest BCUT2D eigenvalue weighted by Gasteiger charge is -2.05. The minimum atomic E-state index is 0.0609. The van der Waals surface area contributed by atoms with Gasteiger partial charge >= 0.3 is 0 Å². The zero-order chi connectivity index (χ0) is 12.5. The molecular weight excluding hydrogens is 226 g/mol. The van der Waals surface area contributed by atoms with Gasteiger partial charge in [0.1, 0.15) is 5.82 Å². The number of nitrogens with zero attached hydrogens (tertiary/aromatic N) is 1. The maximum Gasteiger partial charge on any atom is 0.228 e. The molecule has 1 aliphatic heterocycles. The average molecular weight is 239 g/mol. The maximum atomic E-state index is 11.3. The van der Waals surface area contributed by atoms with E-state index in [1.165, 1.54) is 0 Å². The first-order chi connectivity index (χ1) is 8.76. The molecule has 18 heavy (non-hydrogen) atoms. The highest BCUT2D eigenvalue weighted by molar-refractivity contribution is 5.99. The molecule has 2 heterocycles. The van der Waals surface area contributed by atoms with E-state index in [4.69, 9.17) is 0 Å². The Morgan fingerprint density at radius 2 is 2.06 bits per heavy atom. The van der Waals surface area contributed by atoms with Crippen molar-refractivity contribution in [3.8, 4) is 11.1 Å². The van der Waals surface area contributed by atoms with E-state index < -0.39 is 0 Å². The normalized spacial score (nSPS) is 13.1. The molecule has 0 radical (unpaired) electrons. The van der Waals surface area contributed by atoms with Crippen molar-refractivity contribution in [3.05, 3.63) is 42.1 Å². The molecular formula is C14H13N3O. The number of hydrogen-bond acceptors (Lipinski definition) is 3. The maximum absolute atomic E-state index is 11.3. The molecule has 2 aromatic rings. The Labute approximate surface area is 105 Å². The van der Waals surface area contributed by atoms with Crippen molar-refractivity contribution in [1.82, 2.24) is 4.98 Å². The number of anilines is 2. The van der Waals surface area contributed by atoms with Crippen LogP contribution in [-0.2, 0) is 11.2 Å². The van der Waals surface area contributed by atoms with Gasteiger partial charge in [0.15, 0.2) is 0 Å². The Hall–Kier alpha value is -2.36. The Morgan fingerprint density at radius 1 is 1.22 bits per heavy atom. The number of pyridine rings is 1. The predicted molar refractivity (Wildman–Crippen MR) is 71.6 cm³/mol. The molecule has 0 bridgehead atoms. The molecule has 0 unspecified atom stereocenters. The van der Waals surface area contributed by atoms with Gasteiger partial charge in [0, 0.05) is 24.5 Å². The highest BCUT2D eigenvalue weighted by atomic mass is 16.1. The molecule has 0 atom stereocenters. The van der Waals surface area contributed by atoms with Crippen LogP contribution in [-0.4, -0.2) is 17.9 Å². The van der Waals surface area contributed by atoms with Crippen LogP contribution < -0.4 is 10.6 Å². The van der Waals surface area contributed by atoms with Crippen LogP contribution in [0.1, 0.15) is 5.56 Å². The largest absolute Gasteiger partial charge is 0.373 e. The number of aromatic nitrogens is 1. The summed E-state index contributed by atoms with van der Waals surface area (Å²) < 4.78 is 0. The van der Waals surface area contributed by atoms with E-state index in [1.54, 1.807) is 0 Å². The summed E-state index contributed by atoms with van der Waals surface area (Å²) in [5, 5.41) is 5.82. The molecule has 1 aliphatic rings. The predicted octanol–water partition coefficient (Wildman–Crippen LogP) is 2.28. The van der Waals surface area contributed by atoms with Gasteiger partial charge in [-0.1, -0.05) is 6.07 Å². The van der Waals surface area contributed by atoms with Gasteiger partial charge in [-0.2, -0.15) is 0 Å². The molecule has 4 heteroatoms. The summed E-state index contributed by atoms with van der Waals surface area (Å²) in [5.74, 6) is 0.905. The van der Waals surface area contributed by atoms with E-state index in [0.29, 0.717) is 6.42 Å². The number of benzene rings is 1. The van der Waals surface area contributed by atoms with E-state index in [9.17, 15) is 4.79 Å². The first-order valence-electron chi connectivity index (χ1n) is 5.83. The second-order valence-corrected chi connectivity index (χ2v) is 4.28. The van der Waals surface area contributed by atoms with Crippen LogP contribution in [0.2, 0.25) is 0 Å². The number of amides is 1. The molecule has 0 spiro atoms. The van der Waals surface area contributed by atoms with Crippen LogP contribution in [0.5, 0.6) is 0 Å². The second kappa shape index (κ2) is 4.14.